The van der Waals surface area contributed by atoms with Gasteiger partial charge in [0.15, 0.2) is 0 Å². The van der Waals surface area contributed by atoms with E-state index in [0.717, 1.165) is 12.1 Å². The summed E-state index contributed by atoms with van der Waals surface area (Å²) in [5.74, 6) is 4.07. The maximum absolute atomic E-state index is 14.4. The fourth-order valence-corrected chi connectivity index (χ4v) is 2.55. The Morgan fingerprint density at radius 3 is 2.59 bits per heavy atom. The molecule has 1 amide bonds. The van der Waals surface area contributed by atoms with E-state index < -0.39 is 35.0 Å². The van der Waals surface area contributed by atoms with Gasteiger partial charge in [-0.15, -0.1) is 0 Å². The van der Waals surface area contributed by atoms with Crippen LogP contribution in [0.5, 0.6) is 0 Å². The number of halogens is 2. The van der Waals surface area contributed by atoms with Crippen LogP contribution in [-0.4, -0.2) is 42.6 Å². The van der Waals surface area contributed by atoms with Crippen LogP contribution in [0.4, 0.5) is 13.6 Å². The maximum atomic E-state index is 14.4. The second-order valence-electron chi connectivity index (χ2n) is 7.21. The number of ether oxygens (including phenoxy) is 1. The maximum Gasteiger partial charge on any atom is 0.424 e. The van der Waals surface area contributed by atoms with Crippen molar-refractivity contribution < 1.29 is 23.4 Å². The average Bonchev–Trinajstić information content (AvgIpc) is 3.04. The highest BCUT2D eigenvalue weighted by Crippen LogP contribution is 2.32. The monoisotopic (exact) mass is 383 g/mol. The lowest BCUT2D eigenvalue weighted by molar-refractivity contribution is -0.0696. The summed E-state index contributed by atoms with van der Waals surface area (Å²) in [7, 11) is 0. The van der Waals surface area contributed by atoms with E-state index >= 15 is 0 Å². The molecule has 0 unspecified atom stereocenters. The van der Waals surface area contributed by atoms with E-state index in [9.17, 15) is 18.7 Å². The molecular formula is C17H23F2N5O3. The zero-order valence-electron chi connectivity index (χ0n) is 15.6. The molecule has 27 heavy (non-hydrogen) atoms. The molecule has 1 aromatic carbocycles. The molecule has 1 heterocycles. The number of aliphatic hydroxyl groups is 1. The number of hydrogen-bond donors (Lipinski definition) is 2. The normalized spacial score (nSPS) is 15.1. The van der Waals surface area contributed by atoms with Crippen molar-refractivity contribution in [1.29, 1.82) is 0 Å². The number of nitrogens with two attached hydrogens (primary N) is 1. The van der Waals surface area contributed by atoms with Crippen molar-refractivity contribution in [1.82, 2.24) is 19.8 Å². The van der Waals surface area contributed by atoms with Crippen molar-refractivity contribution in [3.8, 4) is 0 Å². The minimum atomic E-state index is -2.04. The minimum absolute atomic E-state index is 0.245. The van der Waals surface area contributed by atoms with Crippen LogP contribution < -0.4 is 5.84 Å². The third-order valence-corrected chi connectivity index (χ3v) is 3.98. The Kier molecular flexibility index (Phi) is 5.81. The van der Waals surface area contributed by atoms with Gasteiger partial charge in [0.2, 0.25) is 0 Å². The van der Waals surface area contributed by atoms with Gasteiger partial charge in [-0.05, 0) is 33.8 Å². The number of hydrazine groups is 1. The summed E-state index contributed by atoms with van der Waals surface area (Å²) in [5, 5.41) is 15.9. The van der Waals surface area contributed by atoms with Crippen LogP contribution >= 0.6 is 0 Å². The molecular weight excluding hydrogens is 360 g/mol. The molecule has 0 bridgehead atoms. The van der Waals surface area contributed by atoms with Gasteiger partial charge in [0, 0.05) is 11.6 Å². The fraction of sp³-hybridized carbons (Fsp3) is 0.471. The summed E-state index contributed by atoms with van der Waals surface area (Å²) in [5.41, 5.74) is -3.11. The van der Waals surface area contributed by atoms with E-state index in [4.69, 9.17) is 10.6 Å². The predicted octanol–water partition coefficient (Wildman–Crippen LogP) is 1.94. The van der Waals surface area contributed by atoms with Gasteiger partial charge in [-0.3, -0.25) is 0 Å². The highest BCUT2D eigenvalue weighted by atomic mass is 19.1. The number of nitrogens with zero attached hydrogens (tertiary/aromatic N) is 4. The van der Waals surface area contributed by atoms with Gasteiger partial charge < -0.3 is 9.84 Å². The molecule has 0 spiro atoms. The zero-order valence-corrected chi connectivity index (χ0v) is 15.6. The van der Waals surface area contributed by atoms with Crippen molar-refractivity contribution in [3.05, 3.63) is 48.1 Å². The van der Waals surface area contributed by atoms with Crippen molar-refractivity contribution >= 4 is 6.09 Å². The number of rotatable bonds is 5. The van der Waals surface area contributed by atoms with Crippen LogP contribution in [0.3, 0.4) is 0 Å². The summed E-state index contributed by atoms with van der Waals surface area (Å²) in [6.45, 7) is 6.11. The molecule has 2 rings (SSSR count). The molecule has 0 saturated carbocycles. The zero-order chi connectivity index (χ0) is 20.4. The van der Waals surface area contributed by atoms with Crippen molar-refractivity contribution in [2.24, 2.45) is 5.84 Å². The smallest absolute Gasteiger partial charge is 0.424 e. The van der Waals surface area contributed by atoms with Crippen LogP contribution in [0.15, 0.2) is 30.9 Å². The van der Waals surface area contributed by atoms with Crippen molar-refractivity contribution in [2.75, 3.05) is 0 Å². The molecule has 2 atom stereocenters. The summed E-state index contributed by atoms with van der Waals surface area (Å²) in [6, 6.07) is 1.59. The van der Waals surface area contributed by atoms with Gasteiger partial charge in [0.25, 0.3) is 0 Å². The number of amides is 1. The molecule has 10 heteroatoms. The Morgan fingerprint density at radius 2 is 2.07 bits per heavy atom. The molecule has 1 aromatic heterocycles. The SMILES string of the molecule is C[C@@H](N(N)C(=O)OC(C)(C)C)[C@](O)(Cn1cncn1)c1ccc(F)cc1F. The Labute approximate surface area is 155 Å². The Bertz CT molecular complexity index is 794. The van der Waals surface area contributed by atoms with E-state index in [2.05, 4.69) is 10.1 Å². The number of benzene rings is 1. The summed E-state index contributed by atoms with van der Waals surface area (Å²) < 4.78 is 34.2. The Hall–Kier alpha value is -2.59. The summed E-state index contributed by atoms with van der Waals surface area (Å²) >= 11 is 0. The lowest BCUT2D eigenvalue weighted by Gasteiger charge is -2.39. The number of carbonyl (C=O) groups is 1. The first-order chi connectivity index (χ1) is 12.4. The van der Waals surface area contributed by atoms with E-state index in [1.54, 1.807) is 20.8 Å². The quantitative estimate of drug-likeness (QED) is 0.464. The third kappa shape index (κ3) is 4.77. The highest BCUT2D eigenvalue weighted by Gasteiger charge is 2.44. The summed E-state index contributed by atoms with van der Waals surface area (Å²) in [6.07, 6.45) is 1.64. The Balaban J connectivity index is 2.43. The van der Waals surface area contributed by atoms with Gasteiger partial charge in [0.1, 0.15) is 35.5 Å². The van der Waals surface area contributed by atoms with Gasteiger partial charge in [-0.1, -0.05) is 6.07 Å². The largest absolute Gasteiger partial charge is 0.443 e. The first-order valence-corrected chi connectivity index (χ1v) is 8.21. The first kappa shape index (κ1) is 20.7. The van der Waals surface area contributed by atoms with Crippen LogP contribution in [-0.2, 0) is 16.9 Å². The molecule has 0 aliphatic carbocycles. The molecule has 148 valence electrons. The average molecular weight is 383 g/mol. The predicted molar refractivity (Wildman–Crippen MR) is 92.0 cm³/mol. The number of aromatic nitrogens is 3. The minimum Gasteiger partial charge on any atom is -0.443 e. The first-order valence-electron chi connectivity index (χ1n) is 8.21. The molecule has 2 aromatic rings. The lowest BCUT2D eigenvalue weighted by atomic mass is 9.86. The van der Waals surface area contributed by atoms with Crippen molar-refractivity contribution in [2.45, 2.75) is 51.5 Å². The van der Waals surface area contributed by atoms with E-state index in [-0.39, 0.29) is 12.1 Å². The Morgan fingerprint density at radius 1 is 1.41 bits per heavy atom. The van der Waals surface area contributed by atoms with Crippen LogP contribution in [0.25, 0.3) is 0 Å². The molecule has 0 saturated heterocycles. The second kappa shape index (κ2) is 7.57. The molecule has 0 fully saturated rings. The van der Waals surface area contributed by atoms with Crippen LogP contribution in [0, 0.1) is 11.6 Å². The molecule has 8 nitrogen and oxygen atoms in total. The summed E-state index contributed by atoms with van der Waals surface area (Å²) in [4.78, 5) is 16.1. The highest BCUT2D eigenvalue weighted by molar-refractivity contribution is 5.68. The third-order valence-electron chi connectivity index (χ3n) is 3.98. The van der Waals surface area contributed by atoms with E-state index in [1.807, 2.05) is 0 Å². The van der Waals surface area contributed by atoms with Gasteiger partial charge in [-0.2, -0.15) is 5.10 Å². The van der Waals surface area contributed by atoms with E-state index in [0.29, 0.717) is 11.1 Å². The fourth-order valence-electron chi connectivity index (χ4n) is 2.55. The topological polar surface area (TPSA) is 106 Å². The van der Waals surface area contributed by atoms with Gasteiger partial charge in [-0.25, -0.2) is 34.1 Å². The number of carbonyl (C=O) groups excluding carboxylic acids is 1. The van der Waals surface area contributed by atoms with Gasteiger partial charge in [0.05, 0.1) is 12.6 Å². The van der Waals surface area contributed by atoms with Crippen molar-refractivity contribution in [3.63, 3.8) is 0 Å². The number of hydrogen-bond acceptors (Lipinski definition) is 6. The second-order valence-corrected chi connectivity index (χ2v) is 7.21. The molecule has 3 N–H and O–H groups in total. The molecule has 0 radical (unpaired) electrons. The molecule has 0 aliphatic rings. The van der Waals surface area contributed by atoms with Gasteiger partial charge >= 0.3 is 6.09 Å². The standard InChI is InChI=1S/C17H23F2N5O3/c1-11(24(20)15(25)27-16(2,3)4)17(26,8-23-10-21-9-22-23)13-6-5-12(18)7-14(13)19/h5-7,9-11,26H,8,20H2,1-4H3/t11-,17-/m1/s1. The molecule has 0 aliphatic heterocycles. The lowest BCUT2D eigenvalue weighted by Crippen LogP contribution is -2.57. The van der Waals surface area contributed by atoms with Crippen LogP contribution in [0.2, 0.25) is 0 Å². The van der Waals surface area contributed by atoms with Crippen LogP contribution in [0.1, 0.15) is 33.3 Å². The van der Waals surface area contributed by atoms with E-state index in [1.165, 1.54) is 24.3 Å².